The first kappa shape index (κ1) is 17.4. The van der Waals surface area contributed by atoms with Crippen LogP contribution in [0.3, 0.4) is 0 Å². The predicted octanol–water partition coefficient (Wildman–Crippen LogP) is 0.804. The molecule has 0 aliphatic heterocycles. The molecule has 0 saturated carbocycles. The van der Waals surface area contributed by atoms with Crippen molar-refractivity contribution >= 4 is 23.8 Å². The zero-order valence-corrected chi connectivity index (χ0v) is 13.2. The van der Waals surface area contributed by atoms with Gasteiger partial charge in [-0.05, 0) is 25.5 Å². The molecule has 0 aliphatic rings. The minimum atomic E-state index is -1.13. The number of carbonyl (C=O) groups excluding carboxylic acids is 3. The highest BCUT2D eigenvalue weighted by Gasteiger charge is 2.29. The Hall–Kier alpha value is -2.63. The Morgan fingerprint density at radius 1 is 1.09 bits per heavy atom. The quantitative estimate of drug-likeness (QED) is 0.703. The monoisotopic (exact) mass is 303 g/mol. The van der Waals surface area contributed by atoms with Crippen molar-refractivity contribution in [2.45, 2.75) is 26.3 Å². The third-order valence-electron chi connectivity index (χ3n) is 2.89. The summed E-state index contributed by atoms with van der Waals surface area (Å²) in [6, 6.07) is 9.14. The fourth-order valence-electron chi connectivity index (χ4n) is 1.78. The van der Waals surface area contributed by atoms with Crippen molar-refractivity contribution in [1.82, 2.24) is 16.0 Å². The van der Waals surface area contributed by atoms with Crippen molar-refractivity contribution < 1.29 is 14.4 Å². The lowest BCUT2D eigenvalue weighted by Gasteiger charge is -2.24. The molecule has 0 aromatic heterocycles. The number of nitrogens with one attached hydrogen (secondary N) is 3. The average molecular weight is 303 g/mol. The Morgan fingerprint density at radius 3 is 2.18 bits per heavy atom. The number of amides is 3. The summed E-state index contributed by atoms with van der Waals surface area (Å²) in [6.07, 6.45) is 1.57. The van der Waals surface area contributed by atoms with Crippen LogP contribution in [0.1, 0.15) is 26.3 Å². The van der Waals surface area contributed by atoms with Crippen LogP contribution in [0.15, 0.2) is 36.0 Å². The Morgan fingerprint density at radius 2 is 1.68 bits per heavy atom. The van der Waals surface area contributed by atoms with E-state index in [1.165, 1.54) is 14.0 Å². The zero-order chi connectivity index (χ0) is 16.8. The standard InChI is InChI=1S/C16H21N3O3/c1-11(20)19-16(2,3)15(22)18-13(14(21)17-4)10-12-8-6-5-7-9-12/h5-10H,1-4H3,(H,17,21)(H,18,22)(H,19,20)/b13-10+. The Kier molecular flexibility index (Phi) is 5.86. The van der Waals surface area contributed by atoms with Crippen molar-refractivity contribution in [1.29, 1.82) is 0 Å². The second-order valence-corrected chi connectivity index (χ2v) is 5.31. The van der Waals surface area contributed by atoms with Gasteiger partial charge in [-0.2, -0.15) is 0 Å². The molecule has 0 bridgehead atoms. The van der Waals surface area contributed by atoms with E-state index in [1.54, 1.807) is 19.9 Å². The lowest BCUT2D eigenvalue weighted by Crippen LogP contribution is -2.54. The van der Waals surface area contributed by atoms with E-state index in [-0.39, 0.29) is 11.6 Å². The van der Waals surface area contributed by atoms with Crippen LogP contribution in [0.25, 0.3) is 6.08 Å². The van der Waals surface area contributed by atoms with E-state index >= 15 is 0 Å². The molecule has 3 N–H and O–H groups in total. The first-order chi connectivity index (χ1) is 10.3. The molecule has 0 saturated heterocycles. The van der Waals surface area contributed by atoms with Gasteiger partial charge in [-0.3, -0.25) is 14.4 Å². The third-order valence-corrected chi connectivity index (χ3v) is 2.89. The minimum Gasteiger partial charge on any atom is -0.354 e. The van der Waals surface area contributed by atoms with Crippen LogP contribution in [0.2, 0.25) is 0 Å². The first-order valence-electron chi connectivity index (χ1n) is 6.85. The Balaban J connectivity index is 3.00. The van der Waals surface area contributed by atoms with Gasteiger partial charge >= 0.3 is 0 Å². The second-order valence-electron chi connectivity index (χ2n) is 5.31. The molecule has 6 nitrogen and oxygen atoms in total. The average Bonchev–Trinajstić information content (AvgIpc) is 2.45. The van der Waals surface area contributed by atoms with Gasteiger partial charge in [0.25, 0.3) is 5.91 Å². The molecule has 22 heavy (non-hydrogen) atoms. The molecule has 0 fully saturated rings. The molecular formula is C16H21N3O3. The molecule has 0 heterocycles. The lowest BCUT2D eigenvalue weighted by molar-refractivity contribution is -0.131. The van der Waals surface area contributed by atoms with Gasteiger partial charge in [0.1, 0.15) is 11.2 Å². The molecule has 0 radical (unpaired) electrons. The molecule has 3 amide bonds. The van der Waals surface area contributed by atoms with E-state index in [9.17, 15) is 14.4 Å². The summed E-state index contributed by atoms with van der Waals surface area (Å²) in [7, 11) is 1.48. The summed E-state index contributed by atoms with van der Waals surface area (Å²) < 4.78 is 0. The number of hydrogen-bond donors (Lipinski definition) is 3. The van der Waals surface area contributed by atoms with Crippen LogP contribution in [0.4, 0.5) is 0 Å². The van der Waals surface area contributed by atoms with Crippen LogP contribution in [-0.2, 0) is 14.4 Å². The summed E-state index contributed by atoms with van der Waals surface area (Å²) in [4.78, 5) is 35.3. The molecule has 0 aliphatic carbocycles. The normalized spacial score (nSPS) is 11.5. The summed E-state index contributed by atoms with van der Waals surface area (Å²) in [5.74, 6) is -1.22. The van der Waals surface area contributed by atoms with E-state index < -0.39 is 17.4 Å². The van der Waals surface area contributed by atoms with Crippen molar-refractivity contribution in [2.24, 2.45) is 0 Å². The predicted molar refractivity (Wildman–Crippen MR) is 84.5 cm³/mol. The van der Waals surface area contributed by atoms with E-state index in [2.05, 4.69) is 16.0 Å². The number of carbonyl (C=O) groups is 3. The smallest absolute Gasteiger partial charge is 0.267 e. The molecule has 1 aromatic rings. The maximum atomic E-state index is 12.3. The lowest BCUT2D eigenvalue weighted by atomic mass is 10.0. The first-order valence-corrected chi connectivity index (χ1v) is 6.85. The maximum absolute atomic E-state index is 12.3. The van der Waals surface area contributed by atoms with Crippen molar-refractivity contribution in [2.75, 3.05) is 7.05 Å². The largest absolute Gasteiger partial charge is 0.354 e. The number of likely N-dealkylation sites (N-methyl/N-ethyl adjacent to an activating group) is 1. The summed E-state index contributed by atoms with van der Waals surface area (Å²) >= 11 is 0. The third kappa shape index (κ3) is 5.05. The Labute approximate surface area is 130 Å². The van der Waals surface area contributed by atoms with Crippen molar-refractivity contribution in [3.8, 4) is 0 Å². The van der Waals surface area contributed by atoms with Gasteiger partial charge in [0, 0.05) is 14.0 Å². The van der Waals surface area contributed by atoms with Crippen LogP contribution in [0.5, 0.6) is 0 Å². The van der Waals surface area contributed by atoms with Crippen LogP contribution in [-0.4, -0.2) is 30.3 Å². The second kappa shape index (κ2) is 7.40. The summed E-state index contributed by atoms with van der Waals surface area (Å²) in [5.41, 5.74) is -0.244. The summed E-state index contributed by atoms with van der Waals surface area (Å²) in [5, 5.41) is 7.57. The highest BCUT2D eigenvalue weighted by Crippen LogP contribution is 2.08. The fourth-order valence-corrected chi connectivity index (χ4v) is 1.78. The van der Waals surface area contributed by atoms with Gasteiger partial charge in [-0.25, -0.2) is 0 Å². The van der Waals surface area contributed by atoms with Crippen molar-refractivity contribution in [3.05, 3.63) is 41.6 Å². The number of rotatable bonds is 5. The van der Waals surface area contributed by atoms with E-state index in [0.717, 1.165) is 5.56 Å². The van der Waals surface area contributed by atoms with E-state index in [4.69, 9.17) is 0 Å². The maximum Gasteiger partial charge on any atom is 0.267 e. The Bertz CT molecular complexity index is 592. The molecule has 0 spiro atoms. The number of hydrogen-bond acceptors (Lipinski definition) is 3. The van der Waals surface area contributed by atoms with Gasteiger partial charge in [-0.15, -0.1) is 0 Å². The van der Waals surface area contributed by atoms with Crippen molar-refractivity contribution in [3.63, 3.8) is 0 Å². The topological polar surface area (TPSA) is 87.3 Å². The number of benzene rings is 1. The van der Waals surface area contributed by atoms with Gasteiger partial charge in [0.05, 0.1) is 0 Å². The van der Waals surface area contributed by atoms with Crippen LogP contribution in [0, 0.1) is 0 Å². The molecule has 118 valence electrons. The molecule has 1 rings (SSSR count). The molecular weight excluding hydrogens is 282 g/mol. The highest BCUT2D eigenvalue weighted by atomic mass is 16.2. The fraction of sp³-hybridized carbons (Fsp3) is 0.312. The molecule has 0 atom stereocenters. The molecule has 6 heteroatoms. The van der Waals surface area contributed by atoms with Crippen LogP contribution >= 0.6 is 0 Å². The van der Waals surface area contributed by atoms with Gasteiger partial charge < -0.3 is 16.0 Å². The van der Waals surface area contributed by atoms with E-state index in [1.807, 2.05) is 30.3 Å². The summed E-state index contributed by atoms with van der Waals surface area (Å²) in [6.45, 7) is 4.45. The SMILES string of the molecule is CNC(=O)/C(=C\c1ccccc1)NC(=O)C(C)(C)NC(C)=O. The highest BCUT2D eigenvalue weighted by molar-refractivity contribution is 6.03. The van der Waals surface area contributed by atoms with Gasteiger partial charge in [0.2, 0.25) is 11.8 Å². The molecule has 1 aromatic carbocycles. The van der Waals surface area contributed by atoms with Crippen LogP contribution < -0.4 is 16.0 Å². The molecule has 0 unspecified atom stereocenters. The minimum absolute atomic E-state index is 0.108. The zero-order valence-electron chi connectivity index (χ0n) is 13.2. The van der Waals surface area contributed by atoms with Gasteiger partial charge in [-0.1, -0.05) is 30.3 Å². The van der Waals surface area contributed by atoms with E-state index in [0.29, 0.717) is 0 Å². The van der Waals surface area contributed by atoms with Gasteiger partial charge in [0.15, 0.2) is 0 Å².